The van der Waals surface area contributed by atoms with E-state index < -0.39 is 0 Å². The maximum atomic E-state index is 11.6. The maximum absolute atomic E-state index is 11.6. The second-order valence-electron chi connectivity index (χ2n) is 4.59. The summed E-state index contributed by atoms with van der Waals surface area (Å²) in [6, 6.07) is 3.90. The zero-order valence-corrected chi connectivity index (χ0v) is 12.1. The molecule has 1 unspecified atom stereocenters. The topological polar surface area (TPSA) is 63.2 Å². The van der Waals surface area contributed by atoms with Gasteiger partial charge in [0.1, 0.15) is 5.75 Å². The zero-order chi connectivity index (χ0) is 14.3. The van der Waals surface area contributed by atoms with Crippen molar-refractivity contribution in [1.29, 1.82) is 0 Å². The van der Waals surface area contributed by atoms with Crippen LogP contribution in [-0.4, -0.2) is 30.6 Å². The Labute approximate surface area is 114 Å². The standard InChI is InChI=1S/C14H23N3O2/c1-5-10(2)17-14(18)9-19-13-7-6-11(3)16-12(13)8-15-4/h6-7,10,15H,5,8-9H2,1-4H3,(H,17,18). The minimum atomic E-state index is -0.106. The molecule has 1 aromatic rings. The molecule has 5 heteroatoms. The molecule has 0 fully saturated rings. The molecule has 1 atom stereocenters. The van der Waals surface area contributed by atoms with E-state index in [0.29, 0.717) is 12.3 Å². The van der Waals surface area contributed by atoms with Crippen molar-refractivity contribution in [3.8, 4) is 5.75 Å². The summed E-state index contributed by atoms with van der Waals surface area (Å²) < 4.78 is 5.54. The van der Waals surface area contributed by atoms with Crippen molar-refractivity contribution in [2.75, 3.05) is 13.7 Å². The average Bonchev–Trinajstić information content (AvgIpc) is 2.38. The lowest BCUT2D eigenvalue weighted by molar-refractivity contribution is -0.123. The first-order chi connectivity index (χ1) is 9.06. The molecule has 1 aromatic heterocycles. The molecule has 0 aliphatic carbocycles. The van der Waals surface area contributed by atoms with E-state index in [-0.39, 0.29) is 18.6 Å². The van der Waals surface area contributed by atoms with Gasteiger partial charge in [0.15, 0.2) is 6.61 Å². The number of aromatic nitrogens is 1. The number of nitrogens with zero attached hydrogens (tertiary/aromatic N) is 1. The number of hydrogen-bond acceptors (Lipinski definition) is 4. The van der Waals surface area contributed by atoms with Gasteiger partial charge in [-0.15, -0.1) is 0 Å². The van der Waals surface area contributed by atoms with E-state index in [9.17, 15) is 4.79 Å². The number of rotatable bonds is 7. The smallest absolute Gasteiger partial charge is 0.258 e. The molecule has 1 rings (SSSR count). The lowest BCUT2D eigenvalue weighted by Gasteiger charge is -2.14. The molecule has 106 valence electrons. The Balaban J connectivity index is 2.59. The molecule has 5 nitrogen and oxygen atoms in total. The lowest BCUT2D eigenvalue weighted by Crippen LogP contribution is -2.35. The molecule has 0 spiro atoms. The number of ether oxygens (including phenoxy) is 1. The van der Waals surface area contributed by atoms with E-state index in [4.69, 9.17) is 4.74 Å². The molecule has 0 bridgehead atoms. The predicted octanol–water partition coefficient (Wildman–Crippen LogP) is 1.40. The van der Waals surface area contributed by atoms with Crippen molar-refractivity contribution < 1.29 is 9.53 Å². The highest BCUT2D eigenvalue weighted by Gasteiger charge is 2.09. The first-order valence-corrected chi connectivity index (χ1v) is 6.60. The molecule has 1 amide bonds. The van der Waals surface area contributed by atoms with Crippen LogP contribution in [0.4, 0.5) is 0 Å². The number of hydrogen-bond donors (Lipinski definition) is 2. The quantitative estimate of drug-likeness (QED) is 0.782. The number of amides is 1. The van der Waals surface area contributed by atoms with Crippen molar-refractivity contribution in [3.05, 3.63) is 23.5 Å². The van der Waals surface area contributed by atoms with E-state index in [1.165, 1.54) is 0 Å². The zero-order valence-electron chi connectivity index (χ0n) is 12.1. The van der Waals surface area contributed by atoms with Gasteiger partial charge in [-0.1, -0.05) is 6.92 Å². The summed E-state index contributed by atoms with van der Waals surface area (Å²) in [5, 5.41) is 5.90. The van der Waals surface area contributed by atoms with Gasteiger partial charge in [-0.2, -0.15) is 0 Å². The van der Waals surface area contributed by atoms with Crippen LogP contribution in [0.15, 0.2) is 12.1 Å². The average molecular weight is 265 g/mol. The van der Waals surface area contributed by atoms with Crippen LogP contribution >= 0.6 is 0 Å². The van der Waals surface area contributed by atoms with Crippen LogP contribution in [0.25, 0.3) is 0 Å². The largest absolute Gasteiger partial charge is 0.482 e. The molecule has 0 saturated heterocycles. The molecule has 19 heavy (non-hydrogen) atoms. The minimum absolute atomic E-state index is 0.0196. The van der Waals surface area contributed by atoms with E-state index in [1.54, 1.807) is 0 Å². The molecule has 0 radical (unpaired) electrons. The van der Waals surface area contributed by atoms with Gasteiger partial charge in [0.25, 0.3) is 5.91 Å². The van der Waals surface area contributed by atoms with Gasteiger partial charge >= 0.3 is 0 Å². The SMILES string of the molecule is CCC(C)NC(=O)COc1ccc(C)nc1CNC. The Morgan fingerprint density at radius 3 is 2.84 bits per heavy atom. The monoisotopic (exact) mass is 265 g/mol. The second-order valence-corrected chi connectivity index (χ2v) is 4.59. The van der Waals surface area contributed by atoms with Crippen LogP contribution < -0.4 is 15.4 Å². The van der Waals surface area contributed by atoms with E-state index in [1.807, 2.05) is 40.0 Å². The van der Waals surface area contributed by atoms with Gasteiger partial charge < -0.3 is 15.4 Å². The van der Waals surface area contributed by atoms with Gasteiger partial charge in [-0.25, -0.2) is 0 Å². The fraction of sp³-hybridized carbons (Fsp3) is 0.571. The normalized spacial score (nSPS) is 12.0. The van der Waals surface area contributed by atoms with Crippen LogP contribution in [0.1, 0.15) is 31.7 Å². The van der Waals surface area contributed by atoms with Gasteiger partial charge in [-0.3, -0.25) is 9.78 Å². The van der Waals surface area contributed by atoms with Crippen LogP contribution in [0, 0.1) is 6.92 Å². The summed E-state index contributed by atoms with van der Waals surface area (Å²) in [7, 11) is 1.85. The van der Waals surface area contributed by atoms with Crippen LogP contribution in [-0.2, 0) is 11.3 Å². The maximum Gasteiger partial charge on any atom is 0.258 e. The molecule has 0 aliphatic rings. The second kappa shape index (κ2) is 7.74. The lowest BCUT2D eigenvalue weighted by atomic mass is 10.2. The summed E-state index contributed by atoms with van der Waals surface area (Å²) in [6.45, 7) is 6.56. The Morgan fingerprint density at radius 1 is 1.47 bits per heavy atom. The van der Waals surface area contributed by atoms with Crippen LogP contribution in [0.3, 0.4) is 0 Å². The Kier molecular flexibility index (Phi) is 6.29. The van der Waals surface area contributed by atoms with Crippen molar-refractivity contribution >= 4 is 5.91 Å². The summed E-state index contributed by atoms with van der Waals surface area (Å²) in [6.07, 6.45) is 0.906. The van der Waals surface area contributed by atoms with Gasteiger partial charge in [0.2, 0.25) is 0 Å². The Morgan fingerprint density at radius 2 is 2.21 bits per heavy atom. The minimum Gasteiger partial charge on any atom is -0.482 e. The Hall–Kier alpha value is -1.62. The summed E-state index contributed by atoms with van der Waals surface area (Å²) >= 11 is 0. The highest BCUT2D eigenvalue weighted by molar-refractivity contribution is 5.77. The van der Waals surface area contributed by atoms with Gasteiger partial charge in [-0.05, 0) is 39.4 Å². The van der Waals surface area contributed by atoms with Crippen molar-refractivity contribution in [2.45, 2.75) is 39.8 Å². The fourth-order valence-corrected chi connectivity index (χ4v) is 1.59. The van der Waals surface area contributed by atoms with E-state index in [0.717, 1.165) is 17.8 Å². The number of carbonyl (C=O) groups excluding carboxylic acids is 1. The number of nitrogens with one attached hydrogen (secondary N) is 2. The van der Waals surface area contributed by atoms with Crippen molar-refractivity contribution in [2.24, 2.45) is 0 Å². The molecule has 0 saturated carbocycles. The van der Waals surface area contributed by atoms with Crippen molar-refractivity contribution in [1.82, 2.24) is 15.6 Å². The molecule has 0 aromatic carbocycles. The first-order valence-electron chi connectivity index (χ1n) is 6.60. The van der Waals surface area contributed by atoms with E-state index >= 15 is 0 Å². The highest BCUT2D eigenvalue weighted by Crippen LogP contribution is 2.16. The Bertz CT molecular complexity index is 421. The van der Waals surface area contributed by atoms with Crippen LogP contribution in [0.2, 0.25) is 0 Å². The summed E-state index contributed by atoms with van der Waals surface area (Å²) in [5.74, 6) is 0.546. The van der Waals surface area contributed by atoms with Crippen LogP contribution in [0.5, 0.6) is 5.75 Å². The molecular formula is C14H23N3O2. The third-order valence-electron chi connectivity index (χ3n) is 2.79. The number of carbonyl (C=O) groups is 1. The third kappa shape index (κ3) is 5.26. The van der Waals surface area contributed by atoms with Gasteiger partial charge in [0, 0.05) is 18.3 Å². The molecule has 2 N–H and O–H groups in total. The van der Waals surface area contributed by atoms with Crippen molar-refractivity contribution in [3.63, 3.8) is 0 Å². The fourth-order valence-electron chi connectivity index (χ4n) is 1.59. The summed E-state index contributed by atoms with van der Waals surface area (Å²) in [5.41, 5.74) is 1.75. The number of aryl methyl sites for hydroxylation is 1. The molecule has 1 heterocycles. The highest BCUT2D eigenvalue weighted by atomic mass is 16.5. The molecular weight excluding hydrogens is 242 g/mol. The first kappa shape index (κ1) is 15.4. The number of pyridine rings is 1. The third-order valence-corrected chi connectivity index (χ3v) is 2.79. The van der Waals surface area contributed by atoms with E-state index in [2.05, 4.69) is 15.6 Å². The molecule has 0 aliphatic heterocycles. The predicted molar refractivity (Wildman–Crippen MR) is 75.1 cm³/mol. The summed E-state index contributed by atoms with van der Waals surface area (Å²) in [4.78, 5) is 16.0. The van der Waals surface area contributed by atoms with Gasteiger partial charge in [0.05, 0.1) is 5.69 Å².